The molecular weight excluding hydrogens is 238 g/mol. The Balaban J connectivity index is 2.03. The third-order valence-corrected chi connectivity index (χ3v) is 3.24. The summed E-state index contributed by atoms with van der Waals surface area (Å²) in [7, 11) is 3.59. The fraction of sp³-hybridized carbons (Fsp3) is 0.500. The summed E-state index contributed by atoms with van der Waals surface area (Å²) in [6, 6.07) is 3.72. The van der Waals surface area contributed by atoms with Crippen molar-refractivity contribution in [2.45, 2.75) is 6.42 Å². The summed E-state index contributed by atoms with van der Waals surface area (Å²) in [5.74, 6) is 1.17. The van der Waals surface area contributed by atoms with Crippen LogP contribution >= 0.6 is 11.6 Å². The number of carbonyl (C=O) groups is 1. The molecule has 0 radical (unpaired) electrons. The summed E-state index contributed by atoms with van der Waals surface area (Å²) in [5, 5.41) is 0.633. The van der Waals surface area contributed by atoms with Crippen molar-refractivity contribution in [3.8, 4) is 0 Å². The zero-order chi connectivity index (χ0) is 12.4. The molecule has 0 saturated carbocycles. The molecule has 92 valence electrons. The molecule has 1 aliphatic heterocycles. The highest BCUT2D eigenvalue weighted by molar-refractivity contribution is 6.30. The number of pyridine rings is 1. The Kier molecular flexibility index (Phi) is 3.52. The van der Waals surface area contributed by atoms with Gasteiger partial charge in [-0.3, -0.25) is 4.79 Å². The van der Waals surface area contributed by atoms with Crippen molar-refractivity contribution in [1.82, 2.24) is 9.88 Å². The van der Waals surface area contributed by atoms with Crippen molar-refractivity contribution < 1.29 is 4.79 Å². The van der Waals surface area contributed by atoms with Crippen molar-refractivity contribution in [3.63, 3.8) is 0 Å². The summed E-state index contributed by atoms with van der Waals surface area (Å²) >= 11 is 5.80. The van der Waals surface area contributed by atoms with Crippen LogP contribution in [0.5, 0.6) is 0 Å². The molecule has 0 aliphatic carbocycles. The molecule has 1 amide bonds. The number of rotatable bonds is 2. The van der Waals surface area contributed by atoms with Gasteiger partial charge in [-0.2, -0.15) is 0 Å². The average molecular weight is 254 g/mol. The Morgan fingerprint density at radius 1 is 1.53 bits per heavy atom. The second kappa shape index (κ2) is 4.92. The molecule has 5 heteroatoms. The molecule has 1 unspecified atom stereocenters. The molecule has 17 heavy (non-hydrogen) atoms. The normalized spacial score (nSPS) is 19.5. The molecule has 1 aromatic rings. The van der Waals surface area contributed by atoms with E-state index in [-0.39, 0.29) is 11.8 Å². The van der Waals surface area contributed by atoms with Crippen molar-refractivity contribution in [2.75, 3.05) is 32.1 Å². The van der Waals surface area contributed by atoms with Gasteiger partial charge in [-0.1, -0.05) is 11.6 Å². The molecule has 1 atom stereocenters. The Hall–Kier alpha value is -1.29. The molecule has 0 aromatic carbocycles. The molecule has 1 aliphatic rings. The van der Waals surface area contributed by atoms with Gasteiger partial charge in [-0.25, -0.2) is 4.98 Å². The second-order valence-electron chi connectivity index (χ2n) is 4.50. The van der Waals surface area contributed by atoms with E-state index in [0.29, 0.717) is 5.02 Å². The fourth-order valence-corrected chi connectivity index (χ4v) is 2.20. The molecule has 2 heterocycles. The van der Waals surface area contributed by atoms with Crippen LogP contribution in [0, 0.1) is 5.92 Å². The van der Waals surface area contributed by atoms with Crippen LogP contribution in [-0.4, -0.2) is 43.0 Å². The first kappa shape index (κ1) is 12.2. The highest BCUT2D eigenvalue weighted by Crippen LogP contribution is 2.23. The van der Waals surface area contributed by atoms with E-state index in [1.165, 1.54) is 0 Å². The van der Waals surface area contributed by atoms with Crippen LogP contribution in [0.1, 0.15) is 6.42 Å². The second-order valence-corrected chi connectivity index (χ2v) is 4.94. The Bertz CT molecular complexity index is 405. The summed E-state index contributed by atoms with van der Waals surface area (Å²) in [6.07, 6.45) is 2.53. The molecule has 0 spiro atoms. The van der Waals surface area contributed by atoms with Crippen LogP contribution in [0.15, 0.2) is 18.3 Å². The SMILES string of the molecule is CN(C)C(=O)C1CCN(c2ccc(Cl)cn2)C1. The van der Waals surface area contributed by atoms with E-state index >= 15 is 0 Å². The van der Waals surface area contributed by atoms with Gasteiger partial charge >= 0.3 is 0 Å². The van der Waals surface area contributed by atoms with Crippen LogP contribution < -0.4 is 4.90 Å². The van der Waals surface area contributed by atoms with Gasteiger partial charge in [0, 0.05) is 33.4 Å². The maximum atomic E-state index is 11.8. The van der Waals surface area contributed by atoms with Crippen LogP contribution in [0.25, 0.3) is 0 Å². The highest BCUT2D eigenvalue weighted by atomic mass is 35.5. The Morgan fingerprint density at radius 3 is 2.88 bits per heavy atom. The zero-order valence-corrected chi connectivity index (χ0v) is 10.8. The number of hydrogen-bond donors (Lipinski definition) is 0. The topological polar surface area (TPSA) is 36.4 Å². The number of hydrogen-bond acceptors (Lipinski definition) is 3. The van der Waals surface area contributed by atoms with E-state index in [1.54, 1.807) is 25.2 Å². The van der Waals surface area contributed by atoms with E-state index in [4.69, 9.17) is 11.6 Å². The Labute approximate surface area is 106 Å². The average Bonchev–Trinajstić information content (AvgIpc) is 2.78. The molecule has 4 nitrogen and oxygen atoms in total. The van der Waals surface area contributed by atoms with Crippen LogP contribution in [0.4, 0.5) is 5.82 Å². The van der Waals surface area contributed by atoms with Crippen LogP contribution in [-0.2, 0) is 4.79 Å². The minimum Gasteiger partial charge on any atom is -0.356 e. The number of carbonyl (C=O) groups excluding carboxylic acids is 1. The maximum Gasteiger partial charge on any atom is 0.227 e. The van der Waals surface area contributed by atoms with Gasteiger partial charge in [0.1, 0.15) is 5.82 Å². The first-order valence-corrected chi connectivity index (χ1v) is 6.03. The summed E-state index contributed by atoms with van der Waals surface area (Å²) in [4.78, 5) is 19.9. The molecule has 0 bridgehead atoms. The maximum absolute atomic E-state index is 11.8. The molecule has 2 rings (SSSR count). The van der Waals surface area contributed by atoms with Gasteiger partial charge in [0.2, 0.25) is 5.91 Å². The fourth-order valence-electron chi connectivity index (χ4n) is 2.09. The quantitative estimate of drug-likeness (QED) is 0.804. The monoisotopic (exact) mass is 253 g/mol. The predicted octanol–water partition coefficient (Wildman–Crippen LogP) is 1.65. The van der Waals surface area contributed by atoms with E-state index in [0.717, 1.165) is 25.3 Å². The molecule has 0 N–H and O–H groups in total. The highest BCUT2D eigenvalue weighted by Gasteiger charge is 2.29. The zero-order valence-electron chi connectivity index (χ0n) is 10.1. The van der Waals surface area contributed by atoms with E-state index < -0.39 is 0 Å². The third kappa shape index (κ3) is 2.69. The van der Waals surface area contributed by atoms with Crippen molar-refractivity contribution >= 4 is 23.3 Å². The van der Waals surface area contributed by atoms with Gasteiger partial charge < -0.3 is 9.80 Å². The van der Waals surface area contributed by atoms with Crippen molar-refractivity contribution in [3.05, 3.63) is 23.4 Å². The molecule has 1 fully saturated rings. The number of anilines is 1. The smallest absolute Gasteiger partial charge is 0.227 e. The van der Waals surface area contributed by atoms with Gasteiger partial charge in [-0.15, -0.1) is 0 Å². The first-order chi connectivity index (χ1) is 8.08. The Morgan fingerprint density at radius 2 is 2.29 bits per heavy atom. The van der Waals surface area contributed by atoms with Gasteiger partial charge in [0.25, 0.3) is 0 Å². The van der Waals surface area contributed by atoms with E-state index in [1.807, 2.05) is 12.1 Å². The summed E-state index contributed by atoms with van der Waals surface area (Å²) in [5.41, 5.74) is 0. The van der Waals surface area contributed by atoms with E-state index in [2.05, 4.69) is 9.88 Å². The van der Waals surface area contributed by atoms with Gasteiger partial charge in [0.05, 0.1) is 10.9 Å². The van der Waals surface area contributed by atoms with Crippen LogP contribution in [0.2, 0.25) is 5.02 Å². The van der Waals surface area contributed by atoms with Crippen LogP contribution in [0.3, 0.4) is 0 Å². The lowest BCUT2D eigenvalue weighted by Crippen LogP contribution is -2.31. The lowest BCUT2D eigenvalue weighted by molar-refractivity contribution is -0.132. The number of amides is 1. The predicted molar refractivity (Wildman–Crippen MR) is 68.3 cm³/mol. The minimum absolute atomic E-state index is 0.0856. The standard InChI is InChI=1S/C12H16ClN3O/c1-15(2)12(17)9-5-6-16(8-9)11-4-3-10(13)7-14-11/h3-4,7,9H,5-6,8H2,1-2H3. The lowest BCUT2D eigenvalue weighted by Gasteiger charge is -2.18. The van der Waals surface area contributed by atoms with Crippen molar-refractivity contribution in [1.29, 1.82) is 0 Å². The van der Waals surface area contributed by atoms with E-state index in [9.17, 15) is 4.79 Å². The summed E-state index contributed by atoms with van der Waals surface area (Å²) < 4.78 is 0. The number of nitrogens with zero attached hydrogens (tertiary/aromatic N) is 3. The first-order valence-electron chi connectivity index (χ1n) is 5.65. The largest absolute Gasteiger partial charge is 0.356 e. The number of halogens is 1. The molecular formula is C12H16ClN3O. The summed E-state index contributed by atoms with van der Waals surface area (Å²) in [6.45, 7) is 1.62. The van der Waals surface area contributed by atoms with Gasteiger partial charge in [0.15, 0.2) is 0 Å². The lowest BCUT2D eigenvalue weighted by atomic mass is 10.1. The van der Waals surface area contributed by atoms with Gasteiger partial charge in [-0.05, 0) is 18.6 Å². The molecule has 1 saturated heterocycles. The number of aromatic nitrogens is 1. The third-order valence-electron chi connectivity index (χ3n) is 3.01. The minimum atomic E-state index is 0.0856. The molecule has 1 aromatic heterocycles. The van der Waals surface area contributed by atoms with Crippen molar-refractivity contribution in [2.24, 2.45) is 5.92 Å².